The van der Waals surface area contributed by atoms with E-state index in [0.717, 1.165) is 5.56 Å². The second kappa shape index (κ2) is 8.72. The van der Waals surface area contributed by atoms with Crippen LogP contribution in [0.25, 0.3) is 0 Å². The van der Waals surface area contributed by atoms with Gasteiger partial charge in [-0.2, -0.15) is 0 Å². The summed E-state index contributed by atoms with van der Waals surface area (Å²) in [6.07, 6.45) is -0.0967. The van der Waals surface area contributed by atoms with Crippen molar-refractivity contribution in [2.75, 3.05) is 30.5 Å². The number of para-hydroxylation sites is 1. The minimum Gasteiger partial charge on any atom is -0.495 e. The molecule has 0 unspecified atom stereocenters. The summed E-state index contributed by atoms with van der Waals surface area (Å²) < 4.78 is 24.2. The number of hydrogen-bond donors (Lipinski definition) is 1. The molecular weight excluding hydrogens is 379 g/mol. The molecule has 0 aromatic heterocycles. The van der Waals surface area contributed by atoms with Gasteiger partial charge in [-0.25, -0.2) is 4.39 Å². The fourth-order valence-electron chi connectivity index (χ4n) is 3.13. The van der Waals surface area contributed by atoms with Crippen LogP contribution in [-0.4, -0.2) is 38.0 Å². The Kier molecular flexibility index (Phi) is 6.11. The molecule has 3 rings (SSSR count). The summed E-state index contributed by atoms with van der Waals surface area (Å²) in [6.45, 7) is 1.37. The lowest BCUT2D eigenvalue weighted by Gasteiger charge is -2.17. The van der Waals surface area contributed by atoms with Crippen LogP contribution < -0.4 is 15.0 Å². The SMILES string of the molecule is COc1ccc(C)cc1NC(=O)COC(=O)[C@H]1CC(=O)N(c2ccccc2F)C1. The van der Waals surface area contributed by atoms with E-state index >= 15 is 0 Å². The predicted molar refractivity (Wildman–Crippen MR) is 104 cm³/mol. The number of aryl methyl sites for hydroxylation is 1. The van der Waals surface area contributed by atoms with Crippen LogP contribution in [0.3, 0.4) is 0 Å². The highest BCUT2D eigenvalue weighted by atomic mass is 19.1. The third-order valence-electron chi connectivity index (χ3n) is 4.58. The summed E-state index contributed by atoms with van der Waals surface area (Å²) in [7, 11) is 1.48. The first-order valence-electron chi connectivity index (χ1n) is 9.05. The predicted octanol–water partition coefficient (Wildman–Crippen LogP) is 2.68. The van der Waals surface area contributed by atoms with Gasteiger partial charge in [0.05, 0.1) is 24.4 Å². The summed E-state index contributed by atoms with van der Waals surface area (Å²) in [6, 6.07) is 11.2. The van der Waals surface area contributed by atoms with Crippen molar-refractivity contribution in [1.29, 1.82) is 0 Å². The summed E-state index contributed by atoms with van der Waals surface area (Å²) in [5.41, 5.74) is 1.52. The van der Waals surface area contributed by atoms with Crippen molar-refractivity contribution in [3.05, 3.63) is 53.8 Å². The number of amides is 2. The van der Waals surface area contributed by atoms with Crippen LogP contribution in [0.1, 0.15) is 12.0 Å². The number of carbonyl (C=O) groups excluding carboxylic acids is 3. The van der Waals surface area contributed by atoms with Gasteiger partial charge in [-0.15, -0.1) is 0 Å². The van der Waals surface area contributed by atoms with Gasteiger partial charge in [0.2, 0.25) is 5.91 Å². The Morgan fingerprint density at radius 2 is 2.00 bits per heavy atom. The molecule has 2 aromatic rings. The molecule has 8 heteroatoms. The van der Waals surface area contributed by atoms with E-state index in [4.69, 9.17) is 9.47 Å². The molecule has 1 saturated heterocycles. The minimum absolute atomic E-state index is 0.00587. The highest BCUT2D eigenvalue weighted by Crippen LogP contribution is 2.28. The Morgan fingerprint density at radius 3 is 2.72 bits per heavy atom. The maximum atomic E-state index is 13.9. The Balaban J connectivity index is 1.56. The number of anilines is 2. The maximum Gasteiger partial charge on any atom is 0.311 e. The lowest BCUT2D eigenvalue weighted by atomic mass is 10.1. The number of ether oxygens (including phenoxy) is 2. The van der Waals surface area contributed by atoms with E-state index in [1.54, 1.807) is 18.2 Å². The van der Waals surface area contributed by atoms with Gasteiger partial charge in [0.25, 0.3) is 5.91 Å². The molecule has 1 aliphatic heterocycles. The molecule has 0 saturated carbocycles. The third kappa shape index (κ3) is 4.71. The van der Waals surface area contributed by atoms with E-state index in [0.29, 0.717) is 11.4 Å². The molecule has 7 nitrogen and oxygen atoms in total. The van der Waals surface area contributed by atoms with Crippen molar-refractivity contribution in [2.24, 2.45) is 5.92 Å². The lowest BCUT2D eigenvalue weighted by Crippen LogP contribution is -2.28. The van der Waals surface area contributed by atoms with E-state index in [1.807, 2.05) is 13.0 Å². The molecule has 0 aliphatic carbocycles. The zero-order chi connectivity index (χ0) is 21.0. The van der Waals surface area contributed by atoms with Gasteiger partial charge < -0.3 is 19.7 Å². The molecule has 0 bridgehead atoms. The number of nitrogens with zero attached hydrogens (tertiary/aromatic N) is 1. The molecule has 2 aromatic carbocycles. The molecule has 0 radical (unpaired) electrons. The van der Waals surface area contributed by atoms with Gasteiger partial charge >= 0.3 is 5.97 Å². The number of rotatable bonds is 6. The van der Waals surface area contributed by atoms with Crippen molar-refractivity contribution < 1.29 is 28.2 Å². The number of hydrogen-bond acceptors (Lipinski definition) is 5. The molecule has 1 N–H and O–H groups in total. The molecule has 152 valence electrons. The number of halogens is 1. The largest absolute Gasteiger partial charge is 0.495 e. The van der Waals surface area contributed by atoms with Gasteiger partial charge in [-0.1, -0.05) is 18.2 Å². The van der Waals surface area contributed by atoms with Crippen molar-refractivity contribution in [2.45, 2.75) is 13.3 Å². The van der Waals surface area contributed by atoms with Crippen LogP contribution in [0.4, 0.5) is 15.8 Å². The molecule has 1 aliphatic rings. The number of carbonyl (C=O) groups is 3. The Hall–Kier alpha value is -3.42. The summed E-state index contributed by atoms with van der Waals surface area (Å²) >= 11 is 0. The van der Waals surface area contributed by atoms with E-state index < -0.39 is 30.2 Å². The van der Waals surface area contributed by atoms with Crippen LogP contribution in [0.15, 0.2) is 42.5 Å². The van der Waals surface area contributed by atoms with Crippen molar-refractivity contribution in [3.8, 4) is 5.75 Å². The summed E-state index contributed by atoms with van der Waals surface area (Å²) in [5, 5.41) is 2.63. The Labute approximate surface area is 167 Å². The fourth-order valence-corrected chi connectivity index (χ4v) is 3.13. The van der Waals surface area contributed by atoms with Crippen LogP contribution in [0.5, 0.6) is 5.75 Å². The number of methoxy groups -OCH3 is 1. The second-order valence-electron chi connectivity index (χ2n) is 6.72. The van der Waals surface area contributed by atoms with Crippen molar-refractivity contribution in [1.82, 2.24) is 0 Å². The van der Waals surface area contributed by atoms with E-state index in [-0.39, 0.29) is 24.6 Å². The molecule has 29 heavy (non-hydrogen) atoms. The summed E-state index contributed by atoms with van der Waals surface area (Å²) in [4.78, 5) is 37.8. The average molecular weight is 400 g/mol. The first-order chi connectivity index (χ1) is 13.9. The molecule has 0 spiro atoms. The van der Waals surface area contributed by atoms with Crippen molar-refractivity contribution in [3.63, 3.8) is 0 Å². The van der Waals surface area contributed by atoms with Crippen LogP contribution in [-0.2, 0) is 19.1 Å². The monoisotopic (exact) mass is 400 g/mol. The van der Waals surface area contributed by atoms with Crippen LogP contribution in [0.2, 0.25) is 0 Å². The normalized spacial score (nSPS) is 15.9. The first-order valence-corrected chi connectivity index (χ1v) is 9.05. The van der Waals surface area contributed by atoms with Gasteiger partial charge in [-0.3, -0.25) is 14.4 Å². The van der Waals surface area contributed by atoms with Gasteiger partial charge in [0.1, 0.15) is 11.6 Å². The maximum absolute atomic E-state index is 13.9. The fraction of sp³-hybridized carbons (Fsp3) is 0.286. The Bertz CT molecular complexity index is 946. The number of nitrogens with one attached hydrogen (secondary N) is 1. The van der Waals surface area contributed by atoms with E-state index in [2.05, 4.69) is 5.32 Å². The highest BCUT2D eigenvalue weighted by Gasteiger charge is 2.37. The van der Waals surface area contributed by atoms with Gasteiger partial charge in [0, 0.05) is 13.0 Å². The summed E-state index contributed by atoms with van der Waals surface area (Å²) in [5.74, 6) is -2.39. The molecule has 1 fully saturated rings. The molecule has 1 heterocycles. The molecule has 1 atom stereocenters. The zero-order valence-corrected chi connectivity index (χ0v) is 16.1. The highest BCUT2D eigenvalue weighted by molar-refractivity contribution is 6.00. The Morgan fingerprint density at radius 1 is 1.24 bits per heavy atom. The number of esters is 1. The molecular formula is C21H21FN2O5. The zero-order valence-electron chi connectivity index (χ0n) is 16.1. The third-order valence-corrected chi connectivity index (χ3v) is 4.58. The van der Waals surface area contributed by atoms with Gasteiger partial charge in [0.15, 0.2) is 6.61 Å². The standard InChI is InChI=1S/C21H21FN2O5/c1-13-7-8-18(28-2)16(9-13)23-19(25)12-29-21(27)14-10-20(26)24(11-14)17-6-4-3-5-15(17)22/h3-9,14H,10-12H2,1-2H3,(H,23,25)/t14-/m0/s1. The van der Waals surface area contributed by atoms with Gasteiger partial charge in [-0.05, 0) is 36.8 Å². The average Bonchev–Trinajstić information content (AvgIpc) is 3.08. The van der Waals surface area contributed by atoms with E-state index in [9.17, 15) is 18.8 Å². The topological polar surface area (TPSA) is 84.9 Å². The minimum atomic E-state index is -0.761. The number of benzene rings is 2. The smallest absolute Gasteiger partial charge is 0.311 e. The van der Waals surface area contributed by atoms with Crippen LogP contribution >= 0.6 is 0 Å². The first kappa shape index (κ1) is 20.3. The quantitative estimate of drug-likeness (QED) is 0.754. The molecule has 2 amide bonds. The van der Waals surface area contributed by atoms with Crippen molar-refractivity contribution >= 4 is 29.2 Å². The van der Waals surface area contributed by atoms with Crippen LogP contribution in [0, 0.1) is 18.7 Å². The second-order valence-corrected chi connectivity index (χ2v) is 6.72. The lowest BCUT2D eigenvalue weighted by molar-refractivity contribution is -0.151. The van der Waals surface area contributed by atoms with E-state index in [1.165, 1.54) is 30.2 Å².